The summed E-state index contributed by atoms with van der Waals surface area (Å²) in [5.74, 6) is 0.685. The zero-order valence-electron chi connectivity index (χ0n) is 11.5. The molecule has 0 fully saturated rings. The van der Waals surface area contributed by atoms with E-state index in [1.165, 1.54) is 0 Å². The van der Waals surface area contributed by atoms with Crippen LogP contribution in [-0.4, -0.2) is 20.0 Å². The van der Waals surface area contributed by atoms with Gasteiger partial charge in [-0.1, -0.05) is 29.3 Å². The summed E-state index contributed by atoms with van der Waals surface area (Å²) in [4.78, 5) is 0. The molecular formula is C15H12Cl2N4. The van der Waals surface area contributed by atoms with Crippen LogP contribution in [0.4, 0.5) is 0 Å². The lowest BCUT2D eigenvalue weighted by Crippen LogP contribution is -2.03. The highest BCUT2D eigenvalue weighted by Crippen LogP contribution is 2.27. The Morgan fingerprint density at radius 3 is 2.29 bits per heavy atom. The number of benzene rings is 1. The lowest BCUT2D eigenvalue weighted by atomic mass is 10.1. The summed E-state index contributed by atoms with van der Waals surface area (Å²) in [7, 11) is 0. The Kier molecular flexibility index (Phi) is 3.66. The first-order valence-electron chi connectivity index (χ1n) is 6.37. The van der Waals surface area contributed by atoms with Crippen LogP contribution in [0.2, 0.25) is 10.0 Å². The number of aromatic nitrogens is 4. The van der Waals surface area contributed by atoms with Crippen LogP contribution in [0.3, 0.4) is 0 Å². The van der Waals surface area contributed by atoms with Crippen molar-refractivity contribution in [1.29, 1.82) is 0 Å². The zero-order valence-corrected chi connectivity index (χ0v) is 13.0. The molecule has 0 saturated heterocycles. The van der Waals surface area contributed by atoms with Gasteiger partial charge in [0.2, 0.25) is 0 Å². The van der Waals surface area contributed by atoms with Gasteiger partial charge in [0.05, 0.1) is 21.4 Å². The third-order valence-electron chi connectivity index (χ3n) is 3.09. The second kappa shape index (κ2) is 5.47. The minimum atomic E-state index is 0.499. The van der Waals surface area contributed by atoms with Crippen LogP contribution in [0, 0.1) is 13.8 Å². The van der Waals surface area contributed by atoms with Gasteiger partial charge in [0.25, 0.3) is 0 Å². The number of hydrogen-bond donors (Lipinski definition) is 0. The van der Waals surface area contributed by atoms with E-state index < -0.39 is 0 Å². The standard InChI is InChI=1S/C15H12Cl2N4/c1-9-7-10(2)21(20-9)15-6-5-14(18-19-15)11-3-4-12(16)13(17)8-11/h3-8H,1-2H3. The third kappa shape index (κ3) is 2.77. The molecule has 3 aromatic rings. The lowest BCUT2D eigenvalue weighted by Gasteiger charge is -2.05. The molecule has 0 spiro atoms. The van der Waals surface area contributed by atoms with Crippen molar-refractivity contribution in [3.63, 3.8) is 0 Å². The first-order chi connectivity index (χ1) is 10.0. The van der Waals surface area contributed by atoms with Crippen molar-refractivity contribution in [2.75, 3.05) is 0 Å². The SMILES string of the molecule is Cc1cc(C)n(-c2ccc(-c3ccc(Cl)c(Cl)c3)nn2)n1. The molecule has 0 amide bonds. The van der Waals surface area contributed by atoms with Gasteiger partial charge in [-0.3, -0.25) is 0 Å². The number of rotatable bonds is 2. The Balaban J connectivity index is 1.97. The highest BCUT2D eigenvalue weighted by molar-refractivity contribution is 6.42. The van der Waals surface area contributed by atoms with Crippen LogP contribution >= 0.6 is 23.2 Å². The average Bonchev–Trinajstić information content (AvgIpc) is 2.81. The first-order valence-corrected chi connectivity index (χ1v) is 7.13. The van der Waals surface area contributed by atoms with E-state index >= 15 is 0 Å². The molecule has 2 aromatic heterocycles. The Labute approximate surface area is 132 Å². The van der Waals surface area contributed by atoms with Gasteiger partial charge in [-0.25, -0.2) is 4.68 Å². The summed E-state index contributed by atoms with van der Waals surface area (Å²) in [6.07, 6.45) is 0. The van der Waals surface area contributed by atoms with Gasteiger partial charge < -0.3 is 0 Å². The molecule has 3 rings (SSSR count). The van der Waals surface area contributed by atoms with Gasteiger partial charge in [0, 0.05) is 11.3 Å². The van der Waals surface area contributed by atoms with Crippen LogP contribution in [0.1, 0.15) is 11.4 Å². The first kappa shape index (κ1) is 14.0. The van der Waals surface area contributed by atoms with Gasteiger partial charge in [0.1, 0.15) is 0 Å². The highest BCUT2D eigenvalue weighted by atomic mass is 35.5. The summed E-state index contributed by atoms with van der Waals surface area (Å²) in [6, 6.07) is 11.1. The molecule has 6 heteroatoms. The van der Waals surface area contributed by atoms with Crippen molar-refractivity contribution in [1.82, 2.24) is 20.0 Å². The number of hydrogen-bond acceptors (Lipinski definition) is 3. The zero-order chi connectivity index (χ0) is 15.0. The van der Waals surface area contributed by atoms with Gasteiger partial charge in [-0.2, -0.15) is 5.10 Å². The molecule has 0 aliphatic heterocycles. The normalized spacial score (nSPS) is 10.9. The number of halogens is 2. The van der Waals surface area contributed by atoms with E-state index in [9.17, 15) is 0 Å². The molecule has 2 heterocycles. The molecule has 0 aliphatic rings. The van der Waals surface area contributed by atoms with Crippen molar-refractivity contribution in [2.45, 2.75) is 13.8 Å². The van der Waals surface area contributed by atoms with Crippen molar-refractivity contribution in [2.24, 2.45) is 0 Å². The molecule has 0 unspecified atom stereocenters. The summed E-state index contributed by atoms with van der Waals surface area (Å²) in [5, 5.41) is 13.9. The summed E-state index contributed by atoms with van der Waals surface area (Å²) in [5.41, 5.74) is 3.57. The highest BCUT2D eigenvalue weighted by Gasteiger charge is 2.08. The molecule has 0 saturated carbocycles. The van der Waals surface area contributed by atoms with Gasteiger partial charge in [0.15, 0.2) is 5.82 Å². The van der Waals surface area contributed by atoms with Crippen LogP contribution in [0.5, 0.6) is 0 Å². The van der Waals surface area contributed by atoms with Crippen LogP contribution < -0.4 is 0 Å². The molecule has 0 N–H and O–H groups in total. The van der Waals surface area contributed by atoms with Gasteiger partial charge in [-0.15, -0.1) is 10.2 Å². The topological polar surface area (TPSA) is 43.6 Å². The van der Waals surface area contributed by atoms with Crippen molar-refractivity contribution >= 4 is 23.2 Å². The van der Waals surface area contributed by atoms with E-state index in [0.717, 1.165) is 22.6 Å². The molecular weight excluding hydrogens is 307 g/mol. The molecule has 0 radical (unpaired) electrons. The minimum Gasteiger partial charge on any atom is -0.218 e. The molecule has 4 nitrogen and oxygen atoms in total. The summed E-state index contributed by atoms with van der Waals surface area (Å²) < 4.78 is 1.76. The van der Waals surface area contributed by atoms with Crippen molar-refractivity contribution in [3.8, 4) is 17.1 Å². The molecule has 0 aliphatic carbocycles. The Morgan fingerprint density at radius 1 is 0.905 bits per heavy atom. The van der Waals surface area contributed by atoms with Crippen molar-refractivity contribution in [3.05, 3.63) is 57.8 Å². The number of aryl methyl sites for hydroxylation is 2. The Hall–Kier alpha value is -1.91. The lowest BCUT2D eigenvalue weighted by molar-refractivity contribution is 0.783. The second-order valence-corrected chi connectivity index (χ2v) is 5.56. The largest absolute Gasteiger partial charge is 0.218 e. The van der Waals surface area contributed by atoms with E-state index in [4.69, 9.17) is 23.2 Å². The molecule has 21 heavy (non-hydrogen) atoms. The predicted octanol–water partition coefficient (Wildman–Crippen LogP) is 4.25. The molecule has 0 atom stereocenters. The van der Waals surface area contributed by atoms with Crippen LogP contribution in [0.15, 0.2) is 36.4 Å². The van der Waals surface area contributed by atoms with E-state index in [1.807, 2.05) is 38.1 Å². The minimum absolute atomic E-state index is 0.499. The summed E-state index contributed by atoms with van der Waals surface area (Å²) in [6.45, 7) is 3.93. The van der Waals surface area contributed by atoms with E-state index in [0.29, 0.717) is 15.9 Å². The molecule has 106 valence electrons. The van der Waals surface area contributed by atoms with Gasteiger partial charge >= 0.3 is 0 Å². The monoisotopic (exact) mass is 318 g/mol. The Morgan fingerprint density at radius 2 is 1.71 bits per heavy atom. The average molecular weight is 319 g/mol. The predicted molar refractivity (Wildman–Crippen MR) is 84.1 cm³/mol. The summed E-state index contributed by atoms with van der Waals surface area (Å²) >= 11 is 11.9. The van der Waals surface area contributed by atoms with Crippen LogP contribution in [0.25, 0.3) is 17.1 Å². The fraction of sp³-hybridized carbons (Fsp3) is 0.133. The van der Waals surface area contributed by atoms with E-state index in [1.54, 1.807) is 16.8 Å². The molecule has 1 aromatic carbocycles. The maximum absolute atomic E-state index is 6.02. The maximum Gasteiger partial charge on any atom is 0.175 e. The quantitative estimate of drug-likeness (QED) is 0.709. The van der Waals surface area contributed by atoms with Gasteiger partial charge in [-0.05, 0) is 44.2 Å². The second-order valence-electron chi connectivity index (χ2n) is 4.74. The van der Waals surface area contributed by atoms with Crippen LogP contribution in [-0.2, 0) is 0 Å². The number of nitrogens with zero attached hydrogens (tertiary/aromatic N) is 4. The smallest absolute Gasteiger partial charge is 0.175 e. The molecule has 0 bridgehead atoms. The maximum atomic E-state index is 6.02. The fourth-order valence-corrected chi connectivity index (χ4v) is 2.41. The van der Waals surface area contributed by atoms with E-state index in [2.05, 4.69) is 15.3 Å². The fourth-order valence-electron chi connectivity index (χ4n) is 2.11. The van der Waals surface area contributed by atoms with E-state index in [-0.39, 0.29) is 0 Å². The third-order valence-corrected chi connectivity index (χ3v) is 3.83. The Bertz CT molecular complexity index is 794. The van der Waals surface area contributed by atoms with Crippen molar-refractivity contribution < 1.29 is 0 Å².